The molecule has 1 aliphatic carbocycles. The molecular weight excluding hydrogens is 314 g/mol. The molecule has 0 bridgehead atoms. The molecule has 3 rings (SSSR count). The average molecular weight is 352 g/mol. The van der Waals surface area contributed by atoms with Crippen LogP contribution >= 0.6 is 0 Å². The summed E-state index contributed by atoms with van der Waals surface area (Å²) in [5.41, 5.74) is -0.372. The Balaban J connectivity index is 1.54. The second kappa shape index (κ2) is 7.43. The van der Waals surface area contributed by atoms with Crippen molar-refractivity contribution in [3.05, 3.63) is 0 Å². The number of hydrogen-bond acceptors (Lipinski definition) is 4. The molecule has 2 N–H and O–H groups in total. The van der Waals surface area contributed by atoms with Gasteiger partial charge in [0.15, 0.2) is 0 Å². The highest BCUT2D eigenvalue weighted by Crippen LogP contribution is 2.45. The van der Waals surface area contributed by atoms with Crippen LogP contribution in [-0.4, -0.2) is 53.3 Å². The van der Waals surface area contributed by atoms with Crippen LogP contribution < -0.4 is 10.6 Å². The monoisotopic (exact) mass is 351 g/mol. The number of rotatable bonds is 4. The molecule has 0 radical (unpaired) electrons. The van der Waals surface area contributed by atoms with Crippen molar-refractivity contribution in [3.63, 3.8) is 0 Å². The minimum atomic E-state index is -0.417. The maximum atomic E-state index is 12.7. The topological polar surface area (TPSA) is 53.6 Å². The molecule has 1 amide bonds. The summed E-state index contributed by atoms with van der Waals surface area (Å²) in [7, 11) is 0. The molecule has 3 fully saturated rings. The van der Waals surface area contributed by atoms with E-state index in [1.165, 1.54) is 32.2 Å². The minimum absolute atomic E-state index is 0.0452. The van der Waals surface area contributed by atoms with Crippen LogP contribution in [0.1, 0.15) is 79.1 Å². The first-order valence-corrected chi connectivity index (χ1v) is 10.3. The van der Waals surface area contributed by atoms with E-state index in [4.69, 9.17) is 4.74 Å². The summed E-state index contributed by atoms with van der Waals surface area (Å²) in [6.45, 7) is 10.2. The quantitative estimate of drug-likeness (QED) is 0.815. The first kappa shape index (κ1) is 19.0. The van der Waals surface area contributed by atoms with Crippen LogP contribution in [0.2, 0.25) is 0 Å². The van der Waals surface area contributed by atoms with Gasteiger partial charge in [-0.15, -0.1) is 0 Å². The van der Waals surface area contributed by atoms with E-state index in [0.717, 1.165) is 32.2 Å². The van der Waals surface area contributed by atoms with Crippen LogP contribution in [0.25, 0.3) is 0 Å². The van der Waals surface area contributed by atoms with E-state index < -0.39 is 5.60 Å². The standard InChI is InChI=1S/C20H37N3O2/c1-15(13-16-7-5-11-21-16)22-17-8-12-23(18(24)25-19(2,3)4)20(14-17)9-6-10-20/h15-17,21-22H,5-14H2,1-4H3. The second-order valence-electron chi connectivity index (χ2n) is 9.50. The fraction of sp³-hybridized carbons (Fsp3) is 0.950. The predicted octanol–water partition coefficient (Wildman–Crippen LogP) is 3.43. The highest BCUT2D eigenvalue weighted by Gasteiger charge is 2.49. The van der Waals surface area contributed by atoms with E-state index in [9.17, 15) is 4.79 Å². The Morgan fingerprint density at radius 1 is 1.32 bits per heavy atom. The molecule has 0 aromatic heterocycles. The van der Waals surface area contributed by atoms with E-state index in [2.05, 4.69) is 17.6 Å². The van der Waals surface area contributed by atoms with Crippen LogP contribution in [0.5, 0.6) is 0 Å². The summed E-state index contributed by atoms with van der Waals surface area (Å²) in [5, 5.41) is 7.46. The van der Waals surface area contributed by atoms with Gasteiger partial charge in [0.2, 0.25) is 0 Å². The lowest BCUT2D eigenvalue weighted by Gasteiger charge is -2.55. The van der Waals surface area contributed by atoms with Crippen LogP contribution in [-0.2, 0) is 4.74 Å². The fourth-order valence-electron chi connectivity index (χ4n) is 4.85. The highest BCUT2D eigenvalue weighted by molar-refractivity contribution is 5.69. The molecule has 0 aromatic rings. The minimum Gasteiger partial charge on any atom is -0.444 e. The summed E-state index contributed by atoms with van der Waals surface area (Å²) < 4.78 is 5.67. The van der Waals surface area contributed by atoms with Gasteiger partial charge in [0.1, 0.15) is 5.60 Å². The summed E-state index contributed by atoms with van der Waals surface area (Å²) in [6, 6.07) is 1.74. The van der Waals surface area contributed by atoms with Crippen molar-refractivity contribution in [1.82, 2.24) is 15.5 Å². The molecular formula is C20H37N3O2. The number of nitrogens with one attached hydrogen (secondary N) is 2. The van der Waals surface area contributed by atoms with Crippen molar-refractivity contribution in [2.24, 2.45) is 0 Å². The zero-order valence-electron chi connectivity index (χ0n) is 16.6. The summed E-state index contributed by atoms with van der Waals surface area (Å²) in [6.07, 6.45) is 9.31. The lowest BCUT2D eigenvalue weighted by molar-refractivity contribution is -0.0500. The number of piperidine rings is 1. The Morgan fingerprint density at radius 3 is 2.64 bits per heavy atom. The third-order valence-corrected chi connectivity index (χ3v) is 6.12. The first-order chi connectivity index (χ1) is 11.8. The third kappa shape index (κ3) is 4.68. The SMILES string of the molecule is CC(CC1CCCN1)NC1CCN(C(=O)OC(C)(C)C)C2(CCC2)C1. The van der Waals surface area contributed by atoms with Crippen LogP contribution in [0.15, 0.2) is 0 Å². The number of ether oxygens (including phenoxy) is 1. The Hall–Kier alpha value is -0.810. The molecule has 3 atom stereocenters. The van der Waals surface area contributed by atoms with Crippen molar-refractivity contribution in [2.75, 3.05) is 13.1 Å². The Kier molecular flexibility index (Phi) is 5.64. The summed E-state index contributed by atoms with van der Waals surface area (Å²) in [4.78, 5) is 14.7. The normalized spacial score (nSPS) is 30.2. The van der Waals surface area contributed by atoms with Crippen molar-refractivity contribution >= 4 is 6.09 Å². The largest absolute Gasteiger partial charge is 0.444 e. The summed E-state index contributed by atoms with van der Waals surface area (Å²) in [5.74, 6) is 0. The van der Waals surface area contributed by atoms with E-state index in [1.54, 1.807) is 0 Å². The molecule has 3 aliphatic rings. The van der Waals surface area contributed by atoms with Crippen LogP contribution in [0.3, 0.4) is 0 Å². The lowest BCUT2D eigenvalue weighted by atomic mass is 9.69. The molecule has 2 heterocycles. The van der Waals surface area contributed by atoms with Gasteiger partial charge in [-0.25, -0.2) is 4.79 Å². The smallest absolute Gasteiger partial charge is 0.410 e. The van der Waals surface area contributed by atoms with Crippen molar-refractivity contribution < 1.29 is 9.53 Å². The van der Waals surface area contributed by atoms with Gasteiger partial charge in [0.05, 0.1) is 0 Å². The molecule has 0 aromatic carbocycles. The molecule has 5 nitrogen and oxygen atoms in total. The lowest BCUT2D eigenvalue weighted by Crippen LogP contribution is -2.64. The molecule has 25 heavy (non-hydrogen) atoms. The van der Waals surface area contributed by atoms with Gasteiger partial charge in [0.25, 0.3) is 0 Å². The predicted molar refractivity (Wildman–Crippen MR) is 101 cm³/mol. The van der Waals surface area contributed by atoms with Gasteiger partial charge in [-0.05, 0) is 85.6 Å². The molecule has 1 saturated carbocycles. The van der Waals surface area contributed by atoms with Crippen molar-refractivity contribution in [2.45, 2.75) is 108 Å². The maximum Gasteiger partial charge on any atom is 0.410 e. The second-order valence-corrected chi connectivity index (χ2v) is 9.50. The number of nitrogens with zero attached hydrogens (tertiary/aromatic N) is 1. The number of hydrogen-bond donors (Lipinski definition) is 2. The van der Waals surface area contributed by atoms with Gasteiger partial charge < -0.3 is 20.3 Å². The fourth-order valence-corrected chi connectivity index (χ4v) is 4.85. The van der Waals surface area contributed by atoms with E-state index in [1.807, 2.05) is 25.7 Å². The van der Waals surface area contributed by atoms with Gasteiger partial charge in [-0.3, -0.25) is 0 Å². The maximum absolute atomic E-state index is 12.7. The van der Waals surface area contributed by atoms with Gasteiger partial charge in [0, 0.05) is 30.2 Å². The third-order valence-electron chi connectivity index (χ3n) is 6.12. The van der Waals surface area contributed by atoms with Crippen LogP contribution in [0, 0.1) is 0 Å². The highest BCUT2D eigenvalue weighted by atomic mass is 16.6. The Labute approximate surface area is 153 Å². The van der Waals surface area contributed by atoms with Crippen LogP contribution in [0.4, 0.5) is 4.79 Å². The van der Waals surface area contributed by atoms with E-state index >= 15 is 0 Å². The van der Waals surface area contributed by atoms with Crippen molar-refractivity contribution in [1.29, 1.82) is 0 Å². The van der Waals surface area contributed by atoms with Crippen molar-refractivity contribution in [3.8, 4) is 0 Å². The molecule has 3 unspecified atom stereocenters. The van der Waals surface area contributed by atoms with E-state index in [-0.39, 0.29) is 11.6 Å². The van der Waals surface area contributed by atoms with Gasteiger partial charge >= 0.3 is 6.09 Å². The summed E-state index contributed by atoms with van der Waals surface area (Å²) >= 11 is 0. The van der Waals surface area contributed by atoms with Gasteiger partial charge in [-0.1, -0.05) is 0 Å². The number of carbonyl (C=O) groups is 1. The molecule has 2 saturated heterocycles. The molecule has 1 spiro atoms. The first-order valence-electron chi connectivity index (χ1n) is 10.3. The van der Waals surface area contributed by atoms with E-state index in [0.29, 0.717) is 18.1 Å². The molecule has 144 valence electrons. The number of carbonyl (C=O) groups excluding carboxylic acids is 1. The molecule has 2 aliphatic heterocycles. The molecule has 5 heteroatoms. The number of amides is 1. The Morgan fingerprint density at radius 2 is 2.08 bits per heavy atom. The number of likely N-dealkylation sites (tertiary alicyclic amines) is 1. The average Bonchev–Trinajstić information content (AvgIpc) is 2.96. The zero-order valence-corrected chi connectivity index (χ0v) is 16.6. The Bertz CT molecular complexity index is 464. The van der Waals surface area contributed by atoms with Gasteiger partial charge in [-0.2, -0.15) is 0 Å². The zero-order chi connectivity index (χ0) is 18.1.